The summed E-state index contributed by atoms with van der Waals surface area (Å²) in [5.41, 5.74) is 6.49. The van der Waals surface area contributed by atoms with Gasteiger partial charge in [0.05, 0.1) is 12.1 Å². The highest BCUT2D eigenvalue weighted by Gasteiger charge is 2.33. The lowest BCUT2D eigenvalue weighted by Gasteiger charge is -2.37. The smallest absolute Gasteiger partial charge is 0.135 e. The van der Waals surface area contributed by atoms with E-state index in [9.17, 15) is 5.11 Å². The summed E-state index contributed by atoms with van der Waals surface area (Å²) < 4.78 is 5.36. The predicted molar refractivity (Wildman–Crippen MR) is 73.9 cm³/mol. The van der Waals surface area contributed by atoms with Gasteiger partial charge < -0.3 is 20.9 Å². The highest BCUT2D eigenvalue weighted by molar-refractivity contribution is 5.56. The van der Waals surface area contributed by atoms with Crippen LogP contribution in [0.1, 0.15) is 31.7 Å². The topological polar surface area (TPSA) is 93.3 Å². The Morgan fingerprint density at radius 3 is 2.79 bits per heavy atom. The van der Waals surface area contributed by atoms with Gasteiger partial charge in [-0.3, -0.25) is 0 Å². The number of ether oxygens (including phenoxy) is 1. The van der Waals surface area contributed by atoms with Gasteiger partial charge in [0, 0.05) is 18.8 Å². The second kappa shape index (κ2) is 6.16. The number of anilines is 2. The highest BCUT2D eigenvalue weighted by Crippen LogP contribution is 2.28. The van der Waals surface area contributed by atoms with Gasteiger partial charge in [-0.25, -0.2) is 9.97 Å². The first-order valence-electron chi connectivity index (χ1n) is 6.77. The molecule has 1 saturated heterocycles. The quantitative estimate of drug-likeness (QED) is 0.735. The first kappa shape index (κ1) is 14.0. The summed E-state index contributed by atoms with van der Waals surface area (Å²) in [7, 11) is 0. The molecule has 1 aromatic heterocycles. The molecular weight excluding hydrogens is 244 g/mol. The summed E-state index contributed by atoms with van der Waals surface area (Å²) in [6.45, 7) is 3.45. The van der Waals surface area contributed by atoms with E-state index in [0.29, 0.717) is 19.0 Å². The van der Waals surface area contributed by atoms with Crippen LogP contribution in [0.2, 0.25) is 0 Å². The number of nitrogens with two attached hydrogens (primary N) is 1. The summed E-state index contributed by atoms with van der Waals surface area (Å²) in [6.07, 6.45) is 4.79. The van der Waals surface area contributed by atoms with Crippen molar-refractivity contribution in [3.63, 3.8) is 0 Å². The number of nitrogens with zero attached hydrogens (tertiary/aromatic N) is 2. The van der Waals surface area contributed by atoms with Gasteiger partial charge in [0.2, 0.25) is 0 Å². The standard InChI is InChI=1S/C13H22N4O2/c1-2-3-10-11(14)15-9-16-12(10)17-13(8-18)4-6-19-7-5-13/h9,18H,2-8H2,1H3,(H3,14,15,16,17). The first-order chi connectivity index (χ1) is 9.21. The minimum atomic E-state index is -0.360. The number of aliphatic hydroxyl groups excluding tert-OH is 1. The van der Waals surface area contributed by atoms with Crippen LogP contribution in [0.4, 0.5) is 11.6 Å². The molecule has 0 aliphatic carbocycles. The molecule has 2 rings (SSSR count). The molecular formula is C13H22N4O2. The molecule has 6 heteroatoms. The number of hydrogen-bond donors (Lipinski definition) is 3. The molecule has 1 aliphatic rings. The van der Waals surface area contributed by atoms with Gasteiger partial charge in [-0.1, -0.05) is 13.3 Å². The molecule has 0 amide bonds. The minimum absolute atomic E-state index is 0.0613. The molecule has 0 spiro atoms. The molecule has 0 aromatic carbocycles. The van der Waals surface area contributed by atoms with Crippen molar-refractivity contribution in [3.05, 3.63) is 11.9 Å². The van der Waals surface area contributed by atoms with Crippen LogP contribution in [0, 0.1) is 0 Å². The lowest BCUT2D eigenvalue weighted by atomic mass is 9.90. The van der Waals surface area contributed by atoms with Crippen LogP contribution < -0.4 is 11.1 Å². The van der Waals surface area contributed by atoms with Gasteiger partial charge in [0.15, 0.2) is 0 Å². The summed E-state index contributed by atoms with van der Waals surface area (Å²) in [5.74, 6) is 1.25. The Morgan fingerprint density at radius 1 is 1.42 bits per heavy atom. The van der Waals surface area contributed by atoms with E-state index in [1.54, 1.807) is 0 Å². The zero-order valence-corrected chi connectivity index (χ0v) is 11.4. The minimum Gasteiger partial charge on any atom is -0.394 e. The van der Waals surface area contributed by atoms with E-state index < -0.39 is 0 Å². The van der Waals surface area contributed by atoms with E-state index >= 15 is 0 Å². The largest absolute Gasteiger partial charge is 0.394 e. The summed E-state index contributed by atoms with van der Waals surface area (Å²) in [6, 6.07) is 0. The average molecular weight is 266 g/mol. The maximum atomic E-state index is 9.70. The van der Waals surface area contributed by atoms with Gasteiger partial charge in [0.25, 0.3) is 0 Å². The molecule has 0 radical (unpaired) electrons. The van der Waals surface area contributed by atoms with Crippen molar-refractivity contribution >= 4 is 11.6 Å². The Labute approximate surface area is 113 Å². The van der Waals surface area contributed by atoms with Crippen LogP contribution in [0.25, 0.3) is 0 Å². The van der Waals surface area contributed by atoms with Crippen molar-refractivity contribution in [2.45, 2.75) is 38.1 Å². The van der Waals surface area contributed by atoms with Crippen molar-refractivity contribution < 1.29 is 9.84 Å². The molecule has 2 heterocycles. The normalized spacial score (nSPS) is 18.2. The van der Waals surface area contributed by atoms with Crippen LogP contribution in [0.5, 0.6) is 0 Å². The van der Waals surface area contributed by atoms with E-state index in [0.717, 1.165) is 37.1 Å². The Morgan fingerprint density at radius 2 is 2.16 bits per heavy atom. The Hall–Kier alpha value is -1.40. The molecule has 0 unspecified atom stereocenters. The van der Waals surface area contributed by atoms with E-state index in [-0.39, 0.29) is 12.1 Å². The molecule has 0 bridgehead atoms. The van der Waals surface area contributed by atoms with Gasteiger partial charge >= 0.3 is 0 Å². The molecule has 1 fully saturated rings. The molecule has 106 valence electrons. The number of nitrogens with one attached hydrogen (secondary N) is 1. The van der Waals surface area contributed by atoms with Crippen molar-refractivity contribution in [3.8, 4) is 0 Å². The SMILES string of the molecule is CCCc1c(N)ncnc1NC1(CO)CCOCC1. The molecule has 1 aromatic rings. The maximum Gasteiger partial charge on any atom is 0.135 e. The third-order valence-electron chi connectivity index (χ3n) is 3.61. The van der Waals surface area contributed by atoms with E-state index in [1.165, 1.54) is 6.33 Å². The molecule has 19 heavy (non-hydrogen) atoms. The van der Waals surface area contributed by atoms with Gasteiger partial charge in [0.1, 0.15) is 18.0 Å². The van der Waals surface area contributed by atoms with E-state index in [1.807, 2.05) is 0 Å². The van der Waals surface area contributed by atoms with Crippen molar-refractivity contribution in [2.24, 2.45) is 0 Å². The Bertz CT molecular complexity index is 419. The summed E-state index contributed by atoms with van der Waals surface area (Å²) in [5, 5.41) is 13.1. The fraction of sp³-hybridized carbons (Fsp3) is 0.692. The zero-order valence-electron chi connectivity index (χ0n) is 11.4. The van der Waals surface area contributed by atoms with Crippen LogP contribution >= 0.6 is 0 Å². The first-order valence-corrected chi connectivity index (χ1v) is 6.77. The van der Waals surface area contributed by atoms with Crippen LogP contribution in [-0.2, 0) is 11.2 Å². The van der Waals surface area contributed by atoms with Gasteiger partial charge in [-0.15, -0.1) is 0 Å². The molecule has 4 N–H and O–H groups in total. The maximum absolute atomic E-state index is 9.70. The highest BCUT2D eigenvalue weighted by atomic mass is 16.5. The molecule has 6 nitrogen and oxygen atoms in total. The predicted octanol–water partition coefficient (Wildman–Crippen LogP) is 0.965. The summed E-state index contributed by atoms with van der Waals surface area (Å²) in [4.78, 5) is 8.33. The zero-order chi connectivity index (χ0) is 13.7. The van der Waals surface area contributed by atoms with Gasteiger partial charge in [-0.2, -0.15) is 0 Å². The second-order valence-electron chi connectivity index (χ2n) is 5.01. The molecule has 0 saturated carbocycles. The molecule has 1 aliphatic heterocycles. The second-order valence-corrected chi connectivity index (χ2v) is 5.01. The third-order valence-corrected chi connectivity index (χ3v) is 3.61. The lowest BCUT2D eigenvalue weighted by Crippen LogP contribution is -2.47. The Kier molecular flexibility index (Phi) is 4.55. The van der Waals surface area contributed by atoms with Gasteiger partial charge in [-0.05, 0) is 19.3 Å². The number of hydrogen-bond acceptors (Lipinski definition) is 6. The number of aliphatic hydroxyl groups is 1. The number of aromatic nitrogens is 2. The average Bonchev–Trinajstić information content (AvgIpc) is 2.44. The summed E-state index contributed by atoms with van der Waals surface area (Å²) >= 11 is 0. The fourth-order valence-electron chi connectivity index (χ4n) is 2.37. The lowest BCUT2D eigenvalue weighted by molar-refractivity contribution is 0.0378. The molecule has 0 atom stereocenters. The Balaban J connectivity index is 2.23. The van der Waals surface area contributed by atoms with Crippen molar-refractivity contribution in [1.29, 1.82) is 0 Å². The van der Waals surface area contributed by atoms with Crippen LogP contribution in [0.3, 0.4) is 0 Å². The monoisotopic (exact) mass is 266 g/mol. The van der Waals surface area contributed by atoms with Crippen molar-refractivity contribution in [2.75, 3.05) is 30.9 Å². The number of rotatable bonds is 5. The fourth-order valence-corrected chi connectivity index (χ4v) is 2.37. The van der Waals surface area contributed by atoms with E-state index in [4.69, 9.17) is 10.5 Å². The van der Waals surface area contributed by atoms with Crippen LogP contribution in [-0.4, -0.2) is 40.4 Å². The third kappa shape index (κ3) is 3.13. The van der Waals surface area contributed by atoms with Crippen LogP contribution in [0.15, 0.2) is 6.33 Å². The van der Waals surface area contributed by atoms with E-state index in [2.05, 4.69) is 22.2 Å². The van der Waals surface area contributed by atoms with Crippen molar-refractivity contribution in [1.82, 2.24) is 9.97 Å². The number of nitrogen functional groups attached to an aromatic ring is 1.